The Labute approximate surface area is 190 Å². The molecule has 31 heavy (non-hydrogen) atoms. The highest BCUT2D eigenvalue weighted by molar-refractivity contribution is 6.32. The number of piperazine rings is 1. The fourth-order valence-corrected chi connectivity index (χ4v) is 4.29. The van der Waals surface area contributed by atoms with Crippen molar-refractivity contribution in [2.24, 2.45) is 0 Å². The highest BCUT2D eigenvalue weighted by Gasteiger charge is 2.26. The van der Waals surface area contributed by atoms with E-state index in [0.717, 1.165) is 32.4 Å². The summed E-state index contributed by atoms with van der Waals surface area (Å²) >= 11 is 6.42. The van der Waals surface area contributed by atoms with Gasteiger partial charge in [0.25, 0.3) is 5.91 Å². The summed E-state index contributed by atoms with van der Waals surface area (Å²) in [7, 11) is 0. The Bertz CT molecular complexity index is 759. The van der Waals surface area contributed by atoms with Crippen LogP contribution in [0.25, 0.3) is 0 Å². The first-order valence-corrected chi connectivity index (χ1v) is 11.8. The van der Waals surface area contributed by atoms with Crippen LogP contribution in [-0.4, -0.2) is 85.5 Å². The molecule has 7 nitrogen and oxygen atoms in total. The molecular formula is C23H34ClN3O4. The number of carbonyl (C=O) groups excluding carboxylic acids is 2. The maximum absolute atomic E-state index is 13.1. The third-order valence-electron chi connectivity index (χ3n) is 5.73. The Balaban J connectivity index is 1.59. The summed E-state index contributed by atoms with van der Waals surface area (Å²) in [6.07, 6.45) is 4.27. The summed E-state index contributed by atoms with van der Waals surface area (Å²) in [5.41, 5.74) is 0.496. The third-order valence-corrected chi connectivity index (χ3v) is 6.01. The van der Waals surface area contributed by atoms with Crippen LogP contribution in [0.3, 0.4) is 0 Å². The second kappa shape index (κ2) is 11.6. The van der Waals surface area contributed by atoms with Crippen LogP contribution in [0.15, 0.2) is 12.1 Å². The van der Waals surface area contributed by atoms with Gasteiger partial charge in [0, 0.05) is 44.8 Å². The number of benzene rings is 1. The number of ether oxygens (including phenoxy) is 2. The molecule has 0 radical (unpaired) electrons. The van der Waals surface area contributed by atoms with Gasteiger partial charge in [0.15, 0.2) is 11.5 Å². The molecule has 0 spiro atoms. The maximum Gasteiger partial charge on any atom is 0.254 e. The van der Waals surface area contributed by atoms with E-state index < -0.39 is 0 Å². The second-order valence-electron chi connectivity index (χ2n) is 8.08. The minimum absolute atomic E-state index is 0.0769. The van der Waals surface area contributed by atoms with Crippen molar-refractivity contribution >= 4 is 23.4 Å². The molecule has 8 heteroatoms. The first kappa shape index (κ1) is 23.7. The predicted octanol–water partition coefficient (Wildman–Crippen LogP) is 3.30. The van der Waals surface area contributed by atoms with Gasteiger partial charge in [0.05, 0.1) is 24.8 Å². The zero-order valence-electron chi connectivity index (χ0n) is 18.7. The number of nitrogens with zero attached hydrogens (tertiary/aromatic N) is 3. The summed E-state index contributed by atoms with van der Waals surface area (Å²) in [4.78, 5) is 31.5. The van der Waals surface area contributed by atoms with E-state index in [9.17, 15) is 9.59 Å². The highest BCUT2D eigenvalue weighted by Crippen LogP contribution is 2.37. The van der Waals surface area contributed by atoms with Gasteiger partial charge >= 0.3 is 0 Å². The largest absolute Gasteiger partial charge is 0.490 e. The van der Waals surface area contributed by atoms with Crippen LogP contribution in [0.1, 0.15) is 49.9 Å². The van der Waals surface area contributed by atoms with E-state index in [1.54, 1.807) is 12.1 Å². The van der Waals surface area contributed by atoms with Gasteiger partial charge in [-0.05, 0) is 44.7 Å². The molecule has 1 aromatic carbocycles. The quantitative estimate of drug-likeness (QED) is 0.606. The standard InChI is InChI=1S/C23H34ClN3O4/c1-3-14-31-22-19(24)15-18(16-20(22)30-4-2)23(29)27-12-10-25(11-13-27)17-21(28)26-8-6-5-7-9-26/h15-16H,3-14,17H2,1-2H3. The Kier molecular flexibility index (Phi) is 8.84. The molecule has 1 aromatic rings. The molecule has 0 N–H and O–H groups in total. The van der Waals surface area contributed by atoms with Crippen LogP contribution >= 0.6 is 11.6 Å². The van der Waals surface area contributed by atoms with Crippen molar-refractivity contribution in [2.45, 2.75) is 39.5 Å². The lowest BCUT2D eigenvalue weighted by Crippen LogP contribution is -2.52. The lowest BCUT2D eigenvalue weighted by molar-refractivity contribution is -0.133. The van der Waals surface area contributed by atoms with E-state index in [0.29, 0.717) is 68.0 Å². The van der Waals surface area contributed by atoms with Gasteiger partial charge in [-0.3, -0.25) is 14.5 Å². The molecule has 0 saturated carbocycles. The highest BCUT2D eigenvalue weighted by atomic mass is 35.5. The molecule has 3 rings (SSSR count). The SMILES string of the molecule is CCCOc1c(Cl)cc(C(=O)N2CCN(CC(=O)N3CCCCC3)CC2)cc1OCC. The molecule has 2 heterocycles. The molecule has 0 atom stereocenters. The number of halogens is 1. The summed E-state index contributed by atoms with van der Waals surface area (Å²) in [5.74, 6) is 1.11. The van der Waals surface area contributed by atoms with Gasteiger partial charge in [0.1, 0.15) is 0 Å². The molecule has 0 bridgehead atoms. The molecule has 2 aliphatic rings. The molecule has 172 valence electrons. The van der Waals surface area contributed by atoms with Crippen molar-refractivity contribution in [1.29, 1.82) is 0 Å². The fourth-order valence-electron chi connectivity index (χ4n) is 4.02. The van der Waals surface area contributed by atoms with Gasteiger partial charge < -0.3 is 19.3 Å². The summed E-state index contributed by atoms with van der Waals surface area (Å²) < 4.78 is 11.4. The lowest BCUT2D eigenvalue weighted by atomic mass is 10.1. The number of likely N-dealkylation sites (tertiary alicyclic amines) is 1. The van der Waals surface area contributed by atoms with E-state index in [-0.39, 0.29) is 11.8 Å². The number of rotatable bonds is 8. The van der Waals surface area contributed by atoms with Gasteiger partial charge in [-0.2, -0.15) is 0 Å². The van der Waals surface area contributed by atoms with Crippen LogP contribution in [0.5, 0.6) is 11.5 Å². The second-order valence-corrected chi connectivity index (χ2v) is 8.48. The van der Waals surface area contributed by atoms with Crippen LogP contribution in [0, 0.1) is 0 Å². The zero-order chi connectivity index (χ0) is 22.2. The monoisotopic (exact) mass is 451 g/mol. The minimum Gasteiger partial charge on any atom is -0.490 e. The van der Waals surface area contributed by atoms with Crippen LogP contribution in [0.4, 0.5) is 0 Å². The normalized spacial score (nSPS) is 17.5. The molecular weight excluding hydrogens is 418 g/mol. The first-order chi connectivity index (χ1) is 15.0. The topological polar surface area (TPSA) is 62.3 Å². The first-order valence-electron chi connectivity index (χ1n) is 11.4. The third kappa shape index (κ3) is 6.26. The van der Waals surface area contributed by atoms with Crippen molar-refractivity contribution in [3.63, 3.8) is 0 Å². The average molecular weight is 452 g/mol. The van der Waals surface area contributed by atoms with Crippen LogP contribution in [0.2, 0.25) is 5.02 Å². The summed E-state index contributed by atoms with van der Waals surface area (Å²) in [6.45, 7) is 9.63. The van der Waals surface area contributed by atoms with Crippen LogP contribution in [-0.2, 0) is 4.79 Å². The molecule has 2 aliphatic heterocycles. The molecule has 0 aliphatic carbocycles. The van der Waals surface area contributed by atoms with Gasteiger partial charge in [-0.1, -0.05) is 18.5 Å². The fraction of sp³-hybridized carbons (Fsp3) is 0.652. The van der Waals surface area contributed by atoms with Gasteiger partial charge in [-0.15, -0.1) is 0 Å². The molecule has 2 fully saturated rings. The number of carbonyl (C=O) groups is 2. The van der Waals surface area contributed by atoms with Gasteiger partial charge in [-0.25, -0.2) is 0 Å². The van der Waals surface area contributed by atoms with Crippen molar-refractivity contribution in [3.05, 3.63) is 22.7 Å². The zero-order valence-corrected chi connectivity index (χ0v) is 19.5. The Morgan fingerprint density at radius 3 is 2.29 bits per heavy atom. The molecule has 0 aromatic heterocycles. The Morgan fingerprint density at radius 1 is 0.935 bits per heavy atom. The van der Waals surface area contributed by atoms with E-state index >= 15 is 0 Å². The smallest absolute Gasteiger partial charge is 0.254 e. The number of hydrogen-bond donors (Lipinski definition) is 0. The maximum atomic E-state index is 13.1. The van der Waals surface area contributed by atoms with Crippen LogP contribution < -0.4 is 9.47 Å². The van der Waals surface area contributed by atoms with Crippen molar-refractivity contribution in [3.8, 4) is 11.5 Å². The molecule has 0 unspecified atom stereocenters. The van der Waals surface area contributed by atoms with Gasteiger partial charge in [0.2, 0.25) is 5.91 Å². The van der Waals surface area contributed by atoms with E-state index in [1.807, 2.05) is 23.6 Å². The number of hydrogen-bond acceptors (Lipinski definition) is 5. The summed E-state index contributed by atoms with van der Waals surface area (Å²) in [5, 5.41) is 0.383. The lowest BCUT2D eigenvalue weighted by Gasteiger charge is -2.36. The Hall–Kier alpha value is -1.99. The molecule has 2 amide bonds. The Morgan fingerprint density at radius 2 is 1.65 bits per heavy atom. The summed E-state index contributed by atoms with van der Waals surface area (Å²) in [6, 6.07) is 3.37. The average Bonchev–Trinajstić information content (AvgIpc) is 2.79. The van der Waals surface area contributed by atoms with Crippen molar-refractivity contribution < 1.29 is 19.1 Å². The van der Waals surface area contributed by atoms with E-state index in [1.165, 1.54) is 6.42 Å². The minimum atomic E-state index is -0.0769. The van der Waals surface area contributed by atoms with Crippen molar-refractivity contribution in [2.75, 3.05) is 59.0 Å². The predicted molar refractivity (Wildman–Crippen MR) is 121 cm³/mol. The van der Waals surface area contributed by atoms with E-state index in [4.69, 9.17) is 21.1 Å². The number of amides is 2. The molecule has 2 saturated heterocycles. The number of piperidine rings is 1. The van der Waals surface area contributed by atoms with E-state index in [2.05, 4.69) is 4.90 Å². The van der Waals surface area contributed by atoms with Crippen molar-refractivity contribution in [1.82, 2.24) is 14.7 Å².